The average molecular weight is 195 g/mol. The molecule has 0 saturated heterocycles. The smallest absolute Gasteiger partial charge is 0.106 e. The maximum absolute atomic E-state index is 8.96. The van der Waals surface area contributed by atoms with Crippen LogP contribution in [0.5, 0.6) is 0 Å². The maximum atomic E-state index is 8.96. The Morgan fingerprint density at radius 2 is 2.29 bits per heavy atom. The van der Waals surface area contributed by atoms with Crippen LogP contribution in [0.3, 0.4) is 0 Å². The van der Waals surface area contributed by atoms with Crippen molar-refractivity contribution >= 4 is 0 Å². The fourth-order valence-electron chi connectivity index (χ4n) is 0.915. The van der Waals surface area contributed by atoms with Gasteiger partial charge in [0.15, 0.2) is 0 Å². The molecule has 0 heterocycles. The molecule has 14 heavy (non-hydrogen) atoms. The maximum Gasteiger partial charge on any atom is 0.106 e. The zero-order valence-corrected chi connectivity index (χ0v) is 8.99. The third-order valence-corrected chi connectivity index (χ3v) is 2.38. The third-order valence-electron chi connectivity index (χ3n) is 2.38. The summed E-state index contributed by atoms with van der Waals surface area (Å²) in [5.74, 6) is 0.256. The normalized spacial score (nSPS) is 14.2. The van der Waals surface area contributed by atoms with Gasteiger partial charge in [-0.05, 0) is 31.3 Å². The lowest BCUT2D eigenvalue weighted by atomic mass is 9.90. The monoisotopic (exact) mass is 195 g/mol. The van der Waals surface area contributed by atoms with Crippen LogP contribution in [0.1, 0.15) is 27.2 Å². The van der Waals surface area contributed by atoms with Crippen LogP contribution in [0.4, 0.5) is 0 Å². The quantitative estimate of drug-likeness (QED) is 0.305. The van der Waals surface area contributed by atoms with Crippen LogP contribution < -0.4 is 5.32 Å². The highest BCUT2D eigenvalue weighted by atomic mass is 15.1. The predicted octanol–water partition coefficient (Wildman–Crippen LogP) is 2.21. The average Bonchev–Trinajstić information content (AvgIpc) is 2.17. The first-order chi connectivity index (χ1) is 6.56. The number of hydrogen-bond donors (Lipinski definition) is 1. The second-order valence-corrected chi connectivity index (χ2v) is 3.70. The number of azide groups is 1. The lowest BCUT2D eigenvalue weighted by molar-refractivity contribution is 0.337. The molecule has 1 atom stereocenters. The minimum atomic E-state index is -0.490. The molecule has 5 nitrogen and oxygen atoms in total. The Morgan fingerprint density at radius 3 is 2.71 bits per heavy atom. The van der Waals surface area contributed by atoms with Crippen molar-refractivity contribution in [3.8, 4) is 6.07 Å². The molecule has 0 aliphatic rings. The molecule has 78 valence electrons. The van der Waals surface area contributed by atoms with Crippen molar-refractivity contribution in [1.82, 2.24) is 5.32 Å². The summed E-state index contributed by atoms with van der Waals surface area (Å²) in [5.41, 5.74) is 7.56. The Kier molecular flexibility index (Phi) is 5.70. The van der Waals surface area contributed by atoms with Crippen molar-refractivity contribution in [3.63, 3.8) is 0 Å². The zero-order chi connectivity index (χ0) is 11.0. The molecule has 0 aliphatic carbocycles. The van der Waals surface area contributed by atoms with E-state index >= 15 is 0 Å². The molecular formula is C9H17N5. The molecular weight excluding hydrogens is 178 g/mol. The summed E-state index contributed by atoms with van der Waals surface area (Å²) >= 11 is 0. The molecule has 0 bridgehead atoms. The molecule has 0 rings (SSSR count). The van der Waals surface area contributed by atoms with Gasteiger partial charge in [-0.1, -0.05) is 19.0 Å². The van der Waals surface area contributed by atoms with Gasteiger partial charge in [0, 0.05) is 11.5 Å². The summed E-state index contributed by atoms with van der Waals surface area (Å²) in [7, 11) is 0. The topological polar surface area (TPSA) is 84.6 Å². The van der Waals surface area contributed by atoms with Crippen LogP contribution in [0.15, 0.2) is 5.11 Å². The van der Waals surface area contributed by atoms with E-state index in [0.29, 0.717) is 13.1 Å². The van der Waals surface area contributed by atoms with E-state index in [-0.39, 0.29) is 5.92 Å². The van der Waals surface area contributed by atoms with Gasteiger partial charge in [0.25, 0.3) is 0 Å². The Balaban J connectivity index is 3.86. The summed E-state index contributed by atoms with van der Waals surface area (Å²) in [4.78, 5) is 2.66. The third kappa shape index (κ3) is 4.13. The highest BCUT2D eigenvalue weighted by molar-refractivity contribution is 5.05. The standard InChI is InChI=1S/C9H17N5/c1-8(2)9(3,7-10)12-5-4-6-13-14-11/h8,12H,4-6H2,1-3H3. The number of nitriles is 1. The Morgan fingerprint density at radius 1 is 1.64 bits per heavy atom. The van der Waals surface area contributed by atoms with Crippen LogP contribution in [0.25, 0.3) is 10.4 Å². The summed E-state index contributed by atoms with van der Waals surface area (Å²) in [6, 6.07) is 2.25. The molecule has 0 radical (unpaired) electrons. The molecule has 0 aliphatic heterocycles. The molecule has 0 aromatic rings. The minimum absolute atomic E-state index is 0.256. The van der Waals surface area contributed by atoms with Gasteiger partial charge in [-0.3, -0.25) is 5.32 Å². The van der Waals surface area contributed by atoms with Crippen molar-refractivity contribution < 1.29 is 0 Å². The van der Waals surface area contributed by atoms with Crippen molar-refractivity contribution in [3.05, 3.63) is 10.4 Å². The largest absolute Gasteiger partial charge is 0.299 e. The molecule has 0 spiro atoms. The van der Waals surface area contributed by atoms with Gasteiger partial charge in [-0.15, -0.1) is 0 Å². The van der Waals surface area contributed by atoms with Gasteiger partial charge in [0.2, 0.25) is 0 Å². The SMILES string of the molecule is CC(C)C(C)(C#N)NCCCN=[N+]=[N-]. The minimum Gasteiger partial charge on any atom is -0.299 e. The van der Waals surface area contributed by atoms with E-state index in [1.165, 1.54) is 0 Å². The van der Waals surface area contributed by atoms with Gasteiger partial charge in [-0.25, -0.2) is 0 Å². The molecule has 0 aromatic heterocycles. The molecule has 0 amide bonds. The van der Waals surface area contributed by atoms with E-state index in [1.807, 2.05) is 20.8 Å². The molecule has 5 heteroatoms. The number of hydrogen-bond acceptors (Lipinski definition) is 3. The first kappa shape index (κ1) is 12.8. The summed E-state index contributed by atoms with van der Waals surface area (Å²) in [6.07, 6.45) is 0.758. The van der Waals surface area contributed by atoms with Crippen LogP contribution in [-0.4, -0.2) is 18.6 Å². The van der Waals surface area contributed by atoms with Crippen LogP contribution in [0.2, 0.25) is 0 Å². The van der Waals surface area contributed by atoms with E-state index in [4.69, 9.17) is 10.8 Å². The van der Waals surface area contributed by atoms with Crippen LogP contribution in [-0.2, 0) is 0 Å². The zero-order valence-electron chi connectivity index (χ0n) is 8.99. The van der Waals surface area contributed by atoms with Crippen molar-refractivity contribution in [1.29, 1.82) is 5.26 Å². The number of nitrogens with zero attached hydrogens (tertiary/aromatic N) is 4. The highest BCUT2D eigenvalue weighted by Gasteiger charge is 2.26. The van der Waals surface area contributed by atoms with Gasteiger partial charge in [-0.2, -0.15) is 5.26 Å². The van der Waals surface area contributed by atoms with E-state index in [1.54, 1.807) is 0 Å². The van der Waals surface area contributed by atoms with Crippen molar-refractivity contribution in [2.45, 2.75) is 32.7 Å². The summed E-state index contributed by atoms with van der Waals surface area (Å²) in [5, 5.41) is 15.5. The van der Waals surface area contributed by atoms with Gasteiger partial charge in [0.05, 0.1) is 6.07 Å². The van der Waals surface area contributed by atoms with Crippen molar-refractivity contribution in [2.24, 2.45) is 11.0 Å². The molecule has 0 saturated carbocycles. The molecule has 0 aromatic carbocycles. The van der Waals surface area contributed by atoms with Crippen LogP contribution in [0, 0.1) is 17.2 Å². The fraction of sp³-hybridized carbons (Fsp3) is 0.889. The van der Waals surface area contributed by atoms with Gasteiger partial charge >= 0.3 is 0 Å². The van der Waals surface area contributed by atoms with Gasteiger partial charge in [0.1, 0.15) is 5.54 Å². The first-order valence-corrected chi connectivity index (χ1v) is 4.74. The Bertz CT molecular complexity index is 248. The van der Waals surface area contributed by atoms with E-state index in [9.17, 15) is 0 Å². The number of rotatable bonds is 6. The van der Waals surface area contributed by atoms with Gasteiger partial charge < -0.3 is 0 Å². The van der Waals surface area contributed by atoms with Crippen LogP contribution >= 0.6 is 0 Å². The fourth-order valence-corrected chi connectivity index (χ4v) is 0.915. The van der Waals surface area contributed by atoms with E-state index in [2.05, 4.69) is 21.4 Å². The second-order valence-electron chi connectivity index (χ2n) is 3.70. The summed E-state index contributed by atoms with van der Waals surface area (Å²) in [6.45, 7) is 7.06. The molecule has 0 fully saturated rings. The molecule has 1 N–H and O–H groups in total. The Hall–Kier alpha value is -1.24. The highest BCUT2D eigenvalue weighted by Crippen LogP contribution is 2.14. The molecule has 1 unspecified atom stereocenters. The Labute approximate surface area is 84.7 Å². The lowest BCUT2D eigenvalue weighted by Crippen LogP contribution is -2.46. The summed E-state index contributed by atoms with van der Waals surface area (Å²) < 4.78 is 0. The first-order valence-electron chi connectivity index (χ1n) is 4.74. The van der Waals surface area contributed by atoms with E-state index in [0.717, 1.165) is 6.42 Å². The van der Waals surface area contributed by atoms with Crippen molar-refractivity contribution in [2.75, 3.05) is 13.1 Å². The lowest BCUT2D eigenvalue weighted by Gasteiger charge is -2.27. The number of nitrogens with one attached hydrogen (secondary N) is 1. The second kappa shape index (κ2) is 6.25. The predicted molar refractivity (Wildman–Crippen MR) is 55.5 cm³/mol. The van der Waals surface area contributed by atoms with E-state index < -0.39 is 5.54 Å².